The van der Waals surface area contributed by atoms with Crippen molar-refractivity contribution in [3.8, 4) is 0 Å². The lowest BCUT2D eigenvalue weighted by molar-refractivity contribution is 0.191. The molecule has 0 bridgehead atoms. The lowest BCUT2D eigenvalue weighted by Crippen LogP contribution is -1.98. The van der Waals surface area contributed by atoms with Crippen molar-refractivity contribution in [2.45, 2.75) is 78.1 Å². The highest BCUT2D eigenvalue weighted by molar-refractivity contribution is 8.07. The molecule has 1 N–H and O–H groups in total. The Kier molecular flexibility index (Phi) is 13.9. The van der Waals surface area contributed by atoms with E-state index in [9.17, 15) is 4.89 Å². The predicted molar refractivity (Wildman–Crippen MR) is 85.9 cm³/mol. The molecule has 0 aromatic rings. The van der Waals surface area contributed by atoms with E-state index in [-0.39, 0.29) is 0 Å². The third-order valence-electron chi connectivity index (χ3n) is 3.00. The fraction of sp³-hybridized carbons (Fsp3) is 1.00. The molecule has 116 valence electrons. The Morgan fingerprint density at radius 3 is 1.63 bits per heavy atom. The zero-order chi connectivity index (χ0) is 14.4. The minimum atomic E-state index is -2.97. The maximum Gasteiger partial charge on any atom is 0.324 e. The first kappa shape index (κ1) is 19.5. The van der Waals surface area contributed by atoms with Gasteiger partial charge in [0.15, 0.2) is 0 Å². The Morgan fingerprint density at radius 2 is 1.11 bits per heavy atom. The normalized spacial score (nSPS) is 14.5. The van der Waals surface area contributed by atoms with Crippen LogP contribution in [0.5, 0.6) is 0 Å². The highest BCUT2D eigenvalue weighted by Gasteiger charge is 2.13. The van der Waals surface area contributed by atoms with Gasteiger partial charge < -0.3 is 13.9 Å². The van der Waals surface area contributed by atoms with Crippen molar-refractivity contribution in [3.63, 3.8) is 0 Å². The molecule has 1 atom stereocenters. The molecule has 19 heavy (non-hydrogen) atoms. The Bertz CT molecular complexity index is 237. The Labute approximate surface area is 124 Å². The van der Waals surface area contributed by atoms with Crippen LogP contribution in [0.3, 0.4) is 0 Å². The molecule has 0 spiro atoms. The molecule has 3 nitrogen and oxygen atoms in total. The maximum atomic E-state index is 9.77. The molecule has 0 aliphatic carbocycles. The zero-order valence-electron chi connectivity index (χ0n) is 12.6. The predicted octanol–water partition coefficient (Wildman–Crippen LogP) is 5.18. The van der Waals surface area contributed by atoms with Gasteiger partial charge in [-0.3, -0.25) is 0 Å². The number of rotatable bonds is 14. The lowest BCUT2D eigenvalue weighted by atomic mass is 10.1. The molecule has 0 fully saturated rings. The number of unbranched alkanes of at least 4 members (excludes halogenated alkanes) is 8. The molecule has 0 saturated heterocycles. The third kappa shape index (κ3) is 14.7. The average molecular weight is 310 g/mol. The molecule has 5 heteroatoms. The summed E-state index contributed by atoms with van der Waals surface area (Å²) in [5.41, 5.74) is 0. The second kappa shape index (κ2) is 13.5. The van der Waals surface area contributed by atoms with E-state index < -0.39 is 6.72 Å². The molecule has 0 aromatic heterocycles. The topological polar surface area (TPSA) is 38.7 Å². The molecular formula is C14H31O3PS. The molecular weight excluding hydrogens is 279 g/mol. The molecule has 0 aliphatic rings. The summed E-state index contributed by atoms with van der Waals surface area (Å²) in [5, 5.41) is 0. The largest absolute Gasteiger partial charge is 0.324 e. The first-order chi connectivity index (χ1) is 9.12. The van der Waals surface area contributed by atoms with Crippen molar-refractivity contribution in [3.05, 3.63) is 0 Å². The van der Waals surface area contributed by atoms with Crippen LogP contribution in [0.1, 0.15) is 78.1 Å². The minimum absolute atomic E-state index is 0.513. The summed E-state index contributed by atoms with van der Waals surface area (Å²) >= 11 is 4.95. The quantitative estimate of drug-likeness (QED) is 0.354. The second-order valence-corrected chi connectivity index (χ2v) is 7.80. The zero-order valence-corrected chi connectivity index (χ0v) is 14.3. The fourth-order valence-electron chi connectivity index (χ4n) is 1.81. The van der Waals surface area contributed by atoms with Crippen LogP contribution in [0.4, 0.5) is 0 Å². The van der Waals surface area contributed by atoms with Crippen LogP contribution in [0, 0.1) is 0 Å². The summed E-state index contributed by atoms with van der Waals surface area (Å²) in [6.07, 6.45) is 11.8. The van der Waals surface area contributed by atoms with Crippen molar-refractivity contribution in [1.82, 2.24) is 0 Å². The SMILES string of the molecule is CCCCCCCCCOP(O)(=S)OCCCCC. The van der Waals surface area contributed by atoms with E-state index in [1.54, 1.807) is 0 Å². The summed E-state index contributed by atoms with van der Waals surface area (Å²) in [6.45, 7) is 2.43. The summed E-state index contributed by atoms with van der Waals surface area (Å²) in [5.74, 6) is 0. The number of hydrogen-bond acceptors (Lipinski definition) is 3. The average Bonchev–Trinajstić information content (AvgIpc) is 2.38. The van der Waals surface area contributed by atoms with Gasteiger partial charge in [0.25, 0.3) is 0 Å². The highest BCUT2D eigenvalue weighted by atomic mass is 32.5. The van der Waals surface area contributed by atoms with Crippen LogP contribution in [0.15, 0.2) is 0 Å². The first-order valence-electron chi connectivity index (χ1n) is 7.74. The Hall–Kier alpha value is 0.530. The van der Waals surface area contributed by atoms with Gasteiger partial charge in [0, 0.05) is 0 Å². The van der Waals surface area contributed by atoms with E-state index in [4.69, 9.17) is 20.9 Å². The van der Waals surface area contributed by atoms with Gasteiger partial charge in [-0.25, -0.2) is 0 Å². The van der Waals surface area contributed by atoms with E-state index in [0.29, 0.717) is 13.2 Å². The van der Waals surface area contributed by atoms with E-state index in [0.717, 1.165) is 32.1 Å². The van der Waals surface area contributed by atoms with Gasteiger partial charge in [0.05, 0.1) is 13.2 Å². The van der Waals surface area contributed by atoms with Gasteiger partial charge in [-0.15, -0.1) is 0 Å². The van der Waals surface area contributed by atoms with Crippen LogP contribution in [0.2, 0.25) is 0 Å². The summed E-state index contributed by atoms with van der Waals surface area (Å²) in [6, 6.07) is 0. The second-order valence-electron chi connectivity index (χ2n) is 4.96. The van der Waals surface area contributed by atoms with E-state index in [2.05, 4.69) is 13.8 Å². The van der Waals surface area contributed by atoms with Gasteiger partial charge in [-0.05, 0) is 24.6 Å². The van der Waals surface area contributed by atoms with Crippen LogP contribution < -0.4 is 0 Å². The lowest BCUT2D eigenvalue weighted by Gasteiger charge is -2.15. The molecule has 0 rings (SSSR count). The Balaban J connectivity index is 3.35. The van der Waals surface area contributed by atoms with Gasteiger partial charge in [0.2, 0.25) is 0 Å². The molecule has 1 unspecified atom stereocenters. The minimum Gasteiger partial charge on any atom is -0.324 e. The molecule has 0 saturated carbocycles. The van der Waals surface area contributed by atoms with E-state index in [1.807, 2.05) is 0 Å². The van der Waals surface area contributed by atoms with Crippen LogP contribution in [-0.2, 0) is 20.9 Å². The van der Waals surface area contributed by atoms with Crippen molar-refractivity contribution in [1.29, 1.82) is 0 Å². The van der Waals surface area contributed by atoms with Gasteiger partial charge >= 0.3 is 6.72 Å². The van der Waals surface area contributed by atoms with E-state index >= 15 is 0 Å². The smallest absolute Gasteiger partial charge is 0.324 e. The fourth-order valence-corrected chi connectivity index (χ4v) is 3.05. The first-order valence-corrected chi connectivity index (χ1v) is 10.3. The molecule has 0 heterocycles. The summed E-state index contributed by atoms with van der Waals surface area (Å²) in [7, 11) is 0. The maximum absolute atomic E-state index is 9.77. The monoisotopic (exact) mass is 310 g/mol. The summed E-state index contributed by atoms with van der Waals surface area (Å²) in [4.78, 5) is 9.77. The highest BCUT2D eigenvalue weighted by Crippen LogP contribution is 2.43. The molecule has 0 radical (unpaired) electrons. The van der Waals surface area contributed by atoms with Gasteiger partial charge in [0.1, 0.15) is 0 Å². The van der Waals surface area contributed by atoms with Gasteiger partial charge in [-0.1, -0.05) is 65.2 Å². The molecule has 0 aliphatic heterocycles. The standard InChI is InChI=1S/C14H31O3PS/c1-3-5-7-8-9-10-12-14-17-18(15,19)16-13-11-6-4-2/h3-14H2,1-2H3,(H,15,19). The van der Waals surface area contributed by atoms with Crippen LogP contribution in [-0.4, -0.2) is 18.1 Å². The summed E-state index contributed by atoms with van der Waals surface area (Å²) < 4.78 is 10.5. The number of hydrogen-bond donors (Lipinski definition) is 1. The Morgan fingerprint density at radius 1 is 0.737 bits per heavy atom. The molecule has 0 amide bonds. The third-order valence-corrected chi connectivity index (χ3v) is 4.65. The van der Waals surface area contributed by atoms with Crippen LogP contribution in [0.25, 0.3) is 0 Å². The van der Waals surface area contributed by atoms with Gasteiger partial charge in [-0.2, -0.15) is 0 Å². The van der Waals surface area contributed by atoms with E-state index in [1.165, 1.54) is 32.1 Å². The van der Waals surface area contributed by atoms with Crippen molar-refractivity contribution >= 4 is 18.5 Å². The van der Waals surface area contributed by atoms with Crippen LogP contribution >= 0.6 is 6.72 Å². The van der Waals surface area contributed by atoms with Crippen molar-refractivity contribution in [2.24, 2.45) is 0 Å². The molecule has 0 aromatic carbocycles. The van der Waals surface area contributed by atoms with Crippen molar-refractivity contribution in [2.75, 3.05) is 13.2 Å². The van der Waals surface area contributed by atoms with Crippen molar-refractivity contribution < 1.29 is 13.9 Å².